The van der Waals surface area contributed by atoms with Crippen molar-refractivity contribution in [2.45, 2.75) is 17.6 Å². The fourth-order valence-electron chi connectivity index (χ4n) is 2.39. The number of benzene rings is 1. The number of halogens is 1. The van der Waals surface area contributed by atoms with E-state index >= 15 is 0 Å². The van der Waals surface area contributed by atoms with Crippen molar-refractivity contribution in [3.05, 3.63) is 45.3 Å². The van der Waals surface area contributed by atoms with Gasteiger partial charge in [0.2, 0.25) is 0 Å². The molecule has 0 atom stereocenters. The molecule has 0 radical (unpaired) electrons. The van der Waals surface area contributed by atoms with Crippen molar-refractivity contribution in [1.29, 1.82) is 0 Å². The Hall–Kier alpha value is -1.88. The number of carbonyl (C=O) groups excluding carboxylic acids is 1. The molecule has 2 aromatic rings. The Morgan fingerprint density at radius 2 is 2.04 bits per heavy atom. The fraction of sp³-hybridized carbons (Fsp3) is 0.294. The highest BCUT2D eigenvalue weighted by Gasteiger charge is 2.21. The number of thiocarbonyl (C=S) groups is 1. The van der Waals surface area contributed by atoms with E-state index in [1.54, 1.807) is 25.1 Å². The molecular weight excluding hydrogens is 442 g/mol. The number of hydrogen-bond donors (Lipinski definition) is 3. The molecule has 1 aromatic heterocycles. The van der Waals surface area contributed by atoms with E-state index in [0.29, 0.717) is 34.9 Å². The molecule has 1 amide bonds. The lowest BCUT2D eigenvalue weighted by molar-refractivity contribution is 0.0951. The molecule has 0 saturated carbocycles. The lowest BCUT2D eigenvalue weighted by atomic mass is 10.2. The van der Waals surface area contributed by atoms with E-state index in [-0.39, 0.29) is 15.2 Å². The van der Waals surface area contributed by atoms with E-state index in [0.717, 1.165) is 16.2 Å². The zero-order valence-corrected chi connectivity index (χ0v) is 18.7. The molecule has 0 aliphatic carbocycles. The number of rotatable bonds is 7. The summed E-state index contributed by atoms with van der Waals surface area (Å²) in [5.74, 6) is 0.107. The highest BCUT2D eigenvalue weighted by molar-refractivity contribution is 7.93. The van der Waals surface area contributed by atoms with Gasteiger partial charge in [-0.1, -0.05) is 11.6 Å². The van der Waals surface area contributed by atoms with Gasteiger partial charge in [0.1, 0.15) is 9.96 Å². The first kappa shape index (κ1) is 22.4. The van der Waals surface area contributed by atoms with E-state index < -0.39 is 10.0 Å². The van der Waals surface area contributed by atoms with Gasteiger partial charge in [0.25, 0.3) is 15.9 Å². The smallest absolute Gasteiger partial charge is 0.273 e. The summed E-state index contributed by atoms with van der Waals surface area (Å²) in [5.41, 5.74) is 0.958. The summed E-state index contributed by atoms with van der Waals surface area (Å²) in [6.45, 7) is 2.04. The van der Waals surface area contributed by atoms with Gasteiger partial charge in [-0.15, -0.1) is 11.3 Å². The summed E-state index contributed by atoms with van der Waals surface area (Å²) in [6, 6.07) is 6.58. The van der Waals surface area contributed by atoms with Crippen LogP contribution in [0.5, 0.6) is 5.75 Å². The molecule has 7 nitrogen and oxygen atoms in total. The SMILES string of the molecule is CNC(=S)NS(=O)(=O)c1sc(CCNC(=O)c2cc(Cl)ccc2OC)cc1C. The molecule has 0 aliphatic rings. The number of hydrogen-bond acceptors (Lipinski definition) is 6. The van der Waals surface area contributed by atoms with Crippen LogP contribution in [0.25, 0.3) is 0 Å². The molecule has 0 saturated heterocycles. The molecule has 152 valence electrons. The van der Waals surface area contributed by atoms with Crippen molar-refractivity contribution in [3.8, 4) is 5.75 Å². The first-order valence-electron chi connectivity index (χ1n) is 8.13. The minimum absolute atomic E-state index is 0.0251. The molecule has 28 heavy (non-hydrogen) atoms. The zero-order valence-electron chi connectivity index (χ0n) is 15.5. The summed E-state index contributed by atoms with van der Waals surface area (Å²) in [6.07, 6.45) is 0.478. The Morgan fingerprint density at radius 3 is 2.68 bits per heavy atom. The summed E-state index contributed by atoms with van der Waals surface area (Å²) in [7, 11) is -0.720. The number of carbonyl (C=O) groups is 1. The molecule has 2 rings (SSSR count). The maximum absolute atomic E-state index is 12.4. The summed E-state index contributed by atoms with van der Waals surface area (Å²) in [5, 5.41) is 5.82. The van der Waals surface area contributed by atoms with Crippen LogP contribution in [-0.2, 0) is 16.4 Å². The van der Waals surface area contributed by atoms with E-state index in [2.05, 4.69) is 15.4 Å². The van der Waals surface area contributed by atoms with Crippen molar-refractivity contribution < 1.29 is 17.9 Å². The molecule has 0 aliphatic heterocycles. The topological polar surface area (TPSA) is 96.5 Å². The Balaban J connectivity index is 2.04. The highest BCUT2D eigenvalue weighted by atomic mass is 35.5. The average molecular weight is 462 g/mol. The lowest BCUT2D eigenvalue weighted by Crippen LogP contribution is -2.36. The minimum Gasteiger partial charge on any atom is -0.496 e. The van der Waals surface area contributed by atoms with Gasteiger partial charge in [-0.3, -0.25) is 9.52 Å². The third-order valence-electron chi connectivity index (χ3n) is 3.68. The third kappa shape index (κ3) is 5.57. The van der Waals surface area contributed by atoms with Crippen LogP contribution < -0.4 is 20.1 Å². The number of nitrogens with one attached hydrogen (secondary N) is 3. The number of sulfonamides is 1. The van der Waals surface area contributed by atoms with Crippen molar-refractivity contribution in [2.75, 3.05) is 20.7 Å². The van der Waals surface area contributed by atoms with Crippen molar-refractivity contribution in [2.24, 2.45) is 0 Å². The van der Waals surface area contributed by atoms with Crippen LogP contribution in [0.15, 0.2) is 28.5 Å². The first-order valence-corrected chi connectivity index (χ1v) is 11.2. The molecule has 11 heteroatoms. The Bertz CT molecular complexity index is 990. The lowest BCUT2D eigenvalue weighted by Gasteiger charge is -2.09. The number of methoxy groups -OCH3 is 1. The van der Waals surface area contributed by atoms with Gasteiger partial charge in [0, 0.05) is 23.5 Å². The van der Waals surface area contributed by atoms with Gasteiger partial charge in [-0.25, -0.2) is 8.42 Å². The molecule has 0 bridgehead atoms. The Morgan fingerprint density at radius 1 is 1.32 bits per heavy atom. The van der Waals surface area contributed by atoms with Gasteiger partial charge in [-0.05, 0) is 55.4 Å². The largest absolute Gasteiger partial charge is 0.496 e. The molecule has 3 N–H and O–H groups in total. The zero-order chi connectivity index (χ0) is 20.9. The fourth-order valence-corrected chi connectivity index (χ4v) is 5.60. The molecule has 0 unspecified atom stereocenters. The van der Waals surface area contributed by atoms with Crippen LogP contribution in [0.3, 0.4) is 0 Å². The maximum atomic E-state index is 12.4. The molecule has 1 heterocycles. The van der Waals surface area contributed by atoms with Crippen LogP contribution >= 0.6 is 35.2 Å². The second-order valence-electron chi connectivity index (χ2n) is 5.72. The predicted molar refractivity (Wildman–Crippen MR) is 115 cm³/mol. The van der Waals surface area contributed by atoms with E-state index in [4.69, 9.17) is 28.6 Å². The summed E-state index contributed by atoms with van der Waals surface area (Å²) >= 11 is 12.0. The van der Waals surface area contributed by atoms with E-state index in [9.17, 15) is 13.2 Å². The minimum atomic E-state index is -3.73. The van der Waals surface area contributed by atoms with Crippen molar-refractivity contribution in [1.82, 2.24) is 15.4 Å². The summed E-state index contributed by atoms with van der Waals surface area (Å²) in [4.78, 5) is 13.2. The third-order valence-corrected chi connectivity index (χ3v) is 7.64. The normalized spacial score (nSPS) is 11.0. The second kappa shape index (κ2) is 9.55. The maximum Gasteiger partial charge on any atom is 0.273 e. The van der Waals surface area contributed by atoms with Gasteiger partial charge >= 0.3 is 0 Å². The average Bonchev–Trinajstić information content (AvgIpc) is 3.02. The van der Waals surface area contributed by atoms with Crippen LogP contribution in [0, 0.1) is 6.92 Å². The number of amides is 1. The molecule has 0 spiro atoms. The molecular formula is C17H20ClN3O4S3. The quantitative estimate of drug-likeness (QED) is 0.548. The second-order valence-corrected chi connectivity index (χ2v) is 9.58. The molecule has 1 aromatic carbocycles. The van der Waals surface area contributed by atoms with Crippen LogP contribution in [0.4, 0.5) is 0 Å². The summed E-state index contributed by atoms with van der Waals surface area (Å²) < 4.78 is 32.4. The Kier molecular flexibility index (Phi) is 7.64. The first-order chi connectivity index (χ1) is 13.2. The highest BCUT2D eigenvalue weighted by Crippen LogP contribution is 2.27. The molecule has 0 fully saturated rings. The van der Waals surface area contributed by atoms with Gasteiger partial charge in [0.15, 0.2) is 5.11 Å². The van der Waals surface area contributed by atoms with Gasteiger partial charge in [-0.2, -0.15) is 0 Å². The van der Waals surface area contributed by atoms with Crippen LogP contribution in [-0.4, -0.2) is 40.1 Å². The Labute approximate surface area is 178 Å². The number of thiophene rings is 1. The van der Waals surface area contributed by atoms with Crippen LogP contribution in [0.1, 0.15) is 20.8 Å². The van der Waals surface area contributed by atoms with Crippen molar-refractivity contribution in [3.63, 3.8) is 0 Å². The van der Waals surface area contributed by atoms with Gasteiger partial charge in [0.05, 0.1) is 12.7 Å². The van der Waals surface area contributed by atoms with E-state index in [1.807, 2.05) is 0 Å². The monoisotopic (exact) mass is 461 g/mol. The van der Waals surface area contributed by atoms with Crippen molar-refractivity contribution >= 4 is 56.2 Å². The van der Waals surface area contributed by atoms with Gasteiger partial charge < -0.3 is 15.4 Å². The number of aryl methyl sites for hydroxylation is 1. The van der Waals surface area contributed by atoms with Crippen LogP contribution in [0.2, 0.25) is 5.02 Å². The predicted octanol–water partition coefficient (Wildman–Crippen LogP) is 2.47. The van der Waals surface area contributed by atoms with E-state index in [1.165, 1.54) is 20.2 Å². The number of ether oxygens (including phenoxy) is 1. The standard InChI is InChI=1S/C17H20ClN3O4S3/c1-10-8-12(27-16(10)28(23,24)21-17(26)19-2)6-7-20-15(22)13-9-11(18)4-5-14(13)25-3/h4-5,8-9H,6-7H2,1-3H3,(H,20,22)(H2,19,21,26).